The van der Waals surface area contributed by atoms with E-state index in [2.05, 4.69) is 0 Å². The summed E-state index contributed by atoms with van der Waals surface area (Å²) >= 11 is 11.9. The highest BCUT2D eigenvalue weighted by Gasteiger charge is 2.36. The highest BCUT2D eigenvalue weighted by Crippen LogP contribution is 2.32. The molecule has 0 bridgehead atoms. The Kier molecular flexibility index (Phi) is 4.78. The Morgan fingerprint density at radius 3 is 2.67 bits per heavy atom. The van der Waals surface area contributed by atoms with E-state index in [1.807, 2.05) is 13.0 Å². The van der Waals surface area contributed by atoms with Gasteiger partial charge in [-0.2, -0.15) is 0 Å². The van der Waals surface area contributed by atoms with Crippen LogP contribution >= 0.6 is 23.2 Å². The van der Waals surface area contributed by atoms with Gasteiger partial charge in [-0.1, -0.05) is 35.3 Å². The van der Waals surface area contributed by atoms with Crippen LogP contribution in [-0.2, 0) is 4.79 Å². The first-order chi connectivity index (χ1) is 11.5. The number of amides is 1. The van der Waals surface area contributed by atoms with E-state index >= 15 is 0 Å². The zero-order chi connectivity index (χ0) is 17.3. The van der Waals surface area contributed by atoms with Crippen LogP contribution in [0.25, 0.3) is 0 Å². The second-order valence-electron chi connectivity index (χ2n) is 5.53. The van der Waals surface area contributed by atoms with Crippen molar-refractivity contribution in [2.75, 3.05) is 18.1 Å². The molecule has 3 rings (SSSR count). The SMILES string of the molecule is Cc1cccc2c1N(CCCOc1ccc(Cl)cc1Cl)C(=O)C2=O. The number of carbonyl (C=O) groups is 2. The smallest absolute Gasteiger partial charge is 0.299 e. The number of carbonyl (C=O) groups excluding carboxylic acids is 2. The van der Waals surface area contributed by atoms with E-state index in [4.69, 9.17) is 27.9 Å². The molecule has 0 saturated heterocycles. The molecular weight excluding hydrogens is 349 g/mol. The largest absolute Gasteiger partial charge is 0.492 e. The van der Waals surface area contributed by atoms with Crippen molar-refractivity contribution in [3.05, 3.63) is 57.6 Å². The first-order valence-electron chi connectivity index (χ1n) is 7.52. The zero-order valence-electron chi connectivity index (χ0n) is 13.0. The van der Waals surface area contributed by atoms with Crippen LogP contribution in [0.5, 0.6) is 5.75 Å². The Hall–Kier alpha value is -2.04. The number of hydrogen-bond acceptors (Lipinski definition) is 3. The van der Waals surface area contributed by atoms with Crippen LogP contribution in [-0.4, -0.2) is 24.8 Å². The maximum atomic E-state index is 12.2. The van der Waals surface area contributed by atoms with Crippen molar-refractivity contribution in [2.45, 2.75) is 13.3 Å². The Morgan fingerprint density at radius 1 is 1.12 bits per heavy atom. The molecule has 1 aliphatic heterocycles. The lowest BCUT2D eigenvalue weighted by molar-refractivity contribution is -0.114. The van der Waals surface area contributed by atoms with Gasteiger partial charge in [-0.05, 0) is 43.2 Å². The van der Waals surface area contributed by atoms with Gasteiger partial charge in [0.2, 0.25) is 0 Å². The van der Waals surface area contributed by atoms with Gasteiger partial charge in [0.05, 0.1) is 22.9 Å². The number of hydrogen-bond donors (Lipinski definition) is 0. The lowest BCUT2D eigenvalue weighted by Crippen LogP contribution is -2.31. The second-order valence-corrected chi connectivity index (χ2v) is 6.38. The van der Waals surface area contributed by atoms with Crippen molar-refractivity contribution in [1.82, 2.24) is 0 Å². The van der Waals surface area contributed by atoms with Gasteiger partial charge >= 0.3 is 0 Å². The van der Waals surface area contributed by atoms with Gasteiger partial charge in [-0.15, -0.1) is 0 Å². The van der Waals surface area contributed by atoms with Crippen molar-refractivity contribution >= 4 is 40.6 Å². The standard InChI is InChI=1S/C18H15Cl2NO3/c1-11-4-2-5-13-16(11)21(18(23)17(13)22)8-3-9-24-15-7-6-12(19)10-14(15)20/h2,4-7,10H,3,8-9H2,1H3. The fraction of sp³-hybridized carbons (Fsp3) is 0.222. The molecule has 0 atom stereocenters. The van der Waals surface area contributed by atoms with E-state index in [9.17, 15) is 9.59 Å². The Balaban J connectivity index is 1.64. The fourth-order valence-electron chi connectivity index (χ4n) is 2.75. The summed E-state index contributed by atoms with van der Waals surface area (Å²) in [5.74, 6) is -0.388. The van der Waals surface area contributed by atoms with Crippen LogP contribution in [0.15, 0.2) is 36.4 Å². The first-order valence-corrected chi connectivity index (χ1v) is 8.28. The molecule has 0 fully saturated rings. The van der Waals surface area contributed by atoms with E-state index in [1.54, 1.807) is 30.3 Å². The normalized spacial score (nSPS) is 13.4. The predicted octanol–water partition coefficient (Wildman–Crippen LogP) is 4.30. The van der Waals surface area contributed by atoms with E-state index in [0.717, 1.165) is 5.56 Å². The summed E-state index contributed by atoms with van der Waals surface area (Å²) in [5, 5.41) is 0.983. The number of fused-ring (bicyclic) bond motifs is 1. The molecule has 0 spiro atoms. The molecule has 6 heteroatoms. The van der Waals surface area contributed by atoms with E-state index in [-0.39, 0.29) is 0 Å². The maximum absolute atomic E-state index is 12.2. The Morgan fingerprint density at radius 2 is 1.92 bits per heavy atom. The van der Waals surface area contributed by atoms with Crippen LogP contribution in [0.1, 0.15) is 22.3 Å². The summed E-state index contributed by atoms with van der Waals surface area (Å²) in [5.41, 5.74) is 2.09. The van der Waals surface area contributed by atoms with Gasteiger partial charge in [0.15, 0.2) is 0 Å². The second kappa shape index (κ2) is 6.83. The van der Waals surface area contributed by atoms with Crippen LogP contribution < -0.4 is 9.64 Å². The summed E-state index contributed by atoms with van der Waals surface area (Å²) in [7, 11) is 0. The molecule has 1 heterocycles. The quantitative estimate of drug-likeness (QED) is 0.587. The highest BCUT2D eigenvalue weighted by molar-refractivity contribution is 6.52. The number of nitrogens with zero attached hydrogens (tertiary/aromatic N) is 1. The number of rotatable bonds is 5. The number of anilines is 1. The van der Waals surface area contributed by atoms with Gasteiger partial charge in [0, 0.05) is 11.6 Å². The van der Waals surface area contributed by atoms with E-state index in [1.165, 1.54) is 4.90 Å². The molecule has 4 nitrogen and oxygen atoms in total. The van der Waals surface area contributed by atoms with Gasteiger partial charge < -0.3 is 9.64 Å². The molecule has 0 N–H and O–H groups in total. The van der Waals surface area contributed by atoms with E-state index < -0.39 is 11.7 Å². The minimum atomic E-state index is -0.483. The molecule has 0 aromatic heterocycles. The molecule has 0 unspecified atom stereocenters. The zero-order valence-corrected chi connectivity index (χ0v) is 14.5. The number of Topliss-reactive ketones (excluding diaryl/α,β-unsaturated/α-hetero) is 1. The summed E-state index contributed by atoms with van der Waals surface area (Å²) in [4.78, 5) is 25.7. The highest BCUT2D eigenvalue weighted by atomic mass is 35.5. The summed E-state index contributed by atoms with van der Waals surface area (Å²) in [6, 6.07) is 10.4. The van der Waals surface area contributed by atoms with Gasteiger partial charge in [0.1, 0.15) is 5.75 Å². The number of ketones is 1. The average molecular weight is 364 g/mol. The molecule has 0 radical (unpaired) electrons. The topological polar surface area (TPSA) is 46.6 Å². The molecular formula is C18H15Cl2NO3. The first kappa shape index (κ1) is 16.8. The average Bonchev–Trinajstić information content (AvgIpc) is 2.79. The minimum Gasteiger partial charge on any atom is -0.492 e. The summed E-state index contributed by atoms with van der Waals surface area (Å²) in [6.45, 7) is 2.68. The number of ether oxygens (including phenoxy) is 1. The molecule has 124 valence electrons. The van der Waals surface area contributed by atoms with Gasteiger partial charge in [-0.25, -0.2) is 0 Å². The molecule has 0 aliphatic carbocycles. The van der Waals surface area contributed by atoms with Crippen LogP contribution in [0.2, 0.25) is 10.0 Å². The molecule has 2 aromatic rings. The third-order valence-electron chi connectivity index (χ3n) is 3.87. The van der Waals surface area contributed by atoms with Crippen molar-refractivity contribution in [3.63, 3.8) is 0 Å². The number of para-hydroxylation sites is 1. The molecule has 1 aliphatic rings. The van der Waals surface area contributed by atoms with Crippen molar-refractivity contribution in [2.24, 2.45) is 0 Å². The van der Waals surface area contributed by atoms with Crippen molar-refractivity contribution < 1.29 is 14.3 Å². The number of benzene rings is 2. The third kappa shape index (κ3) is 3.12. The molecule has 1 amide bonds. The maximum Gasteiger partial charge on any atom is 0.299 e. The number of halogens is 2. The van der Waals surface area contributed by atoms with Crippen LogP contribution in [0, 0.1) is 6.92 Å². The lowest BCUT2D eigenvalue weighted by Gasteiger charge is -2.18. The monoisotopic (exact) mass is 363 g/mol. The third-order valence-corrected chi connectivity index (χ3v) is 4.40. The van der Waals surface area contributed by atoms with Crippen molar-refractivity contribution in [1.29, 1.82) is 0 Å². The Bertz CT molecular complexity index is 820. The van der Waals surface area contributed by atoms with Crippen molar-refractivity contribution in [3.8, 4) is 5.75 Å². The van der Waals surface area contributed by atoms with Gasteiger partial charge in [0.25, 0.3) is 11.7 Å². The van der Waals surface area contributed by atoms with Crippen LogP contribution in [0.4, 0.5) is 5.69 Å². The minimum absolute atomic E-state index is 0.376. The molecule has 0 saturated carbocycles. The van der Waals surface area contributed by atoms with Gasteiger partial charge in [-0.3, -0.25) is 9.59 Å². The lowest BCUT2D eigenvalue weighted by atomic mass is 10.1. The Labute approximate surface area is 149 Å². The predicted molar refractivity (Wildman–Crippen MR) is 94.4 cm³/mol. The summed E-state index contributed by atoms with van der Waals surface area (Å²) < 4.78 is 5.62. The summed E-state index contributed by atoms with van der Waals surface area (Å²) in [6.07, 6.45) is 0.575. The van der Waals surface area contributed by atoms with E-state index in [0.29, 0.717) is 46.6 Å². The number of aryl methyl sites for hydroxylation is 1. The van der Waals surface area contributed by atoms with Crippen LogP contribution in [0.3, 0.4) is 0 Å². The molecule has 2 aromatic carbocycles. The molecule has 24 heavy (non-hydrogen) atoms. The fourth-order valence-corrected chi connectivity index (χ4v) is 3.21.